The maximum Gasteiger partial charge on any atom is 0.265 e. The molecule has 0 aliphatic carbocycles. The quantitative estimate of drug-likeness (QED) is 0.754. The molecule has 2 N–H and O–H groups in total. The molecule has 2 aromatic rings. The zero-order chi connectivity index (χ0) is 21.8. The molecule has 29 heavy (non-hydrogen) atoms. The number of hydrogen-bond acceptors (Lipinski definition) is 3. The minimum Gasteiger partial charge on any atom is -0.481 e. The van der Waals surface area contributed by atoms with Gasteiger partial charge >= 0.3 is 0 Å². The third-order valence-electron chi connectivity index (χ3n) is 4.32. The molecule has 5 nitrogen and oxygen atoms in total. The molecule has 0 saturated heterocycles. The average molecular weight is 397 g/mol. The maximum atomic E-state index is 12.6. The van der Waals surface area contributed by atoms with Crippen molar-refractivity contribution < 1.29 is 14.3 Å². The number of carbonyl (C=O) groups excluding carboxylic acids is 2. The molecule has 0 aliphatic rings. The predicted octanol–water partition coefficient (Wildman–Crippen LogP) is 4.92. The number of para-hydroxylation sites is 1. The minimum absolute atomic E-state index is 0.0544. The predicted molar refractivity (Wildman–Crippen MR) is 118 cm³/mol. The van der Waals surface area contributed by atoms with Crippen LogP contribution < -0.4 is 15.4 Å². The molecule has 5 heteroatoms. The molecule has 1 atom stereocenters. The Hall–Kier alpha value is -2.82. The highest BCUT2D eigenvalue weighted by molar-refractivity contribution is 6.04. The molecule has 2 amide bonds. The van der Waals surface area contributed by atoms with Crippen molar-refractivity contribution in [3.63, 3.8) is 0 Å². The topological polar surface area (TPSA) is 67.4 Å². The van der Waals surface area contributed by atoms with E-state index in [9.17, 15) is 9.59 Å². The summed E-state index contributed by atoms with van der Waals surface area (Å²) in [7, 11) is 0. The molecule has 0 fully saturated rings. The molecular weight excluding hydrogens is 364 g/mol. The van der Waals surface area contributed by atoms with Gasteiger partial charge in [0.2, 0.25) is 0 Å². The number of benzene rings is 2. The third kappa shape index (κ3) is 6.63. The van der Waals surface area contributed by atoms with Crippen molar-refractivity contribution in [1.29, 1.82) is 0 Å². The molecule has 0 unspecified atom stereocenters. The Balaban J connectivity index is 2.07. The van der Waals surface area contributed by atoms with Crippen LogP contribution >= 0.6 is 0 Å². The Morgan fingerprint density at radius 2 is 1.48 bits per heavy atom. The molecule has 0 aromatic heterocycles. The van der Waals surface area contributed by atoms with E-state index in [4.69, 9.17) is 4.74 Å². The van der Waals surface area contributed by atoms with Crippen molar-refractivity contribution in [3.05, 3.63) is 59.7 Å². The van der Waals surface area contributed by atoms with E-state index < -0.39 is 6.10 Å². The van der Waals surface area contributed by atoms with Gasteiger partial charge in [-0.25, -0.2) is 0 Å². The lowest BCUT2D eigenvalue weighted by molar-refractivity contribution is -0.122. The summed E-state index contributed by atoms with van der Waals surface area (Å²) in [6.45, 7) is 13.8. The summed E-state index contributed by atoms with van der Waals surface area (Å²) in [5, 5.41) is 5.72. The highest BCUT2D eigenvalue weighted by Crippen LogP contribution is 2.25. The summed E-state index contributed by atoms with van der Waals surface area (Å²) < 4.78 is 5.78. The van der Waals surface area contributed by atoms with Crippen molar-refractivity contribution in [2.24, 2.45) is 0 Å². The van der Waals surface area contributed by atoms with Gasteiger partial charge in [0.1, 0.15) is 5.75 Å². The second-order valence-corrected chi connectivity index (χ2v) is 9.27. The van der Waals surface area contributed by atoms with E-state index in [1.165, 1.54) is 5.56 Å². The van der Waals surface area contributed by atoms with Crippen LogP contribution in [0.4, 0.5) is 5.69 Å². The Labute approximate surface area is 173 Å². The van der Waals surface area contributed by atoms with Gasteiger partial charge in [-0.2, -0.15) is 0 Å². The zero-order valence-corrected chi connectivity index (χ0v) is 18.4. The van der Waals surface area contributed by atoms with Gasteiger partial charge in [-0.05, 0) is 62.9 Å². The number of amides is 2. The molecular formula is C24H32N2O3. The van der Waals surface area contributed by atoms with Gasteiger partial charge in [0.25, 0.3) is 11.8 Å². The molecule has 2 aromatic carbocycles. The van der Waals surface area contributed by atoms with Gasteiger partial charge in [0.05, 0.1) is 11.3 Å². The van der Waals surface area contributed by atoms with Crippen molar-refractivity contribution in [1.82, 2.24) is 5.32 Å². The van der Waals surface area contributed by atoms with Crippen LogP contribution in [-0.2, 0) is 10.2 Å². The van der Waals surface area contributed by atoms with Gasteiger partial charge in [-0.3, -0.25) is 9.59 Å². The van der Waals surface area contributed by atoms with Crippen LogP contribution in [0.1, 0.15) is 64.4 Å². The van der Waals surface area contributed by atoms with Crippen molar-refractivity contribution >= 4 is 17.5 Å². The Morgan fingerprint density at radius 3 is 2.03 bits per heavy atom. The average Bonchev–Trinajstić information content (AvgIpc) is 2.60. The van der Waals surface area contributed by atoms with E-state index in [0.717, 1.165) is 0 Å². The molecule has 0 radical (unpaired) electrons. The van der Waals surface area contributed by atoms with Crippen LogP contribution in [0, 0.1) is 0 Å². The Kier molecular flexibility index (Phi) is 6.73. The lowest BCUT2D eigenvalue weighted by Crippen LogP contribution is -2.41. The van der Waals surface area contributed by atoms with Crippen molar-refractivity contribution in [3.8, 4) is 5.75 Å². The number of carbonyl (C=O) groups is 2. The standard InChI is InChI=1S/C24H32N2O3/c1-16(29-18-14-12-17(13-15-18)23(2,3)4)21(27)25-20-11-9-8-10-19(20)22(28)26-24(5,6)7/h8-16H,1-7H3,(H,25,27)(H,26,28)/t16-/m0/s1. The molecule has 0 saturated carbocycles. The van der Waals surface area contributed by atoms with Gasteiger partial charge in [0, 0.05) is 5.54 Å². The summed E-state index contributed by atoms with van der Waals surface area (Å²) in [6, 6.07) is 14.7. The van der Waals surface area contributed by atoms with Crippen LogP contribution in [0.15, 0.2) is 48.5 Å². The number of nitrogens with one attached hydrogen (secondary N) is 2. The smallest absolute Gasteiger partial charge is 0.265 e. The van der Waals surface area contributed by atoms with Crippen LogP contribution in [0.2, 0.25) is 0 Å². The van der Waals surface area contributed by atoms with Gasteiger partial charge in [0.15, 0.2) is 6.10 Å². The first-order chi connectivity index (χ1) is 13.4. The molecule has 0 spiro atoms. The van der Waals surface area contributed by atoms with Crippen LogP contribution in [-0.4, -0.2) is 23.5 Å². The third-order valence-corrected chi connectivity index (χ3v) is 4.32. The number of hydrogen-bond donors (Lipinski definition) is 2. The van der Waals surface area contributed by atoms with E-state index in [2.05, 4.69) is 31.4 Å². The van der Waals surface area contributed by atoms with E-state index >= 15 is 0 Å². The molecule has 156 valence electrons. The number of rotatable bonds is 5. The Morgan fingerprint density at radius 1 is 0.897 bits per heavy atom. The fraction of sp³-hybridized carbons (Fsp3) is 0.417. The fourth-order valence-electron chi connectivity index (χ4n) is 2.72. The second-order valence-electron chi connectivity index (χ2n) is 9.27. The number of ether oxygens (including phenoxy) is 1. The van der Waals surface area contributed by atoms with Crippen LogP contribution in [0.5, 0.6) is 5.75 Å². The van der Waals surface area contributed by atoms with Gasteiger partial charge < -0.3 is 15.4 Å². The first-order valence-corrected chi connectivity index (χ1v) is 9.86. The fourth-order valence-corrected chi connectivity index (χ4v) is 2.72. The lowest BCUT2D eigenvalue weighted by atomic mass is 9.87. The van der Waals surface area contributed by atoms with Gasteiger partial charge in [-0.15, -0.1) is 0 Å². The molecule has 0 aliphatic heterocycles. The lowest BCUT2D eigenvalue weighted by Gasteiger charge is -2.22. The first-order valence-electron chi connectivity index (χ1n) is 9.86. The summed E-state index contributed by atoms with van der Waals surface area (Å²) in [5.41, 5.74) is 1.75. The summed E-state index contributed by atoms with van der Waals surface area (Å²) >= 11 is 0. The Bertz CT molecular complexity index is 859. The maximum absolute atomic E-state index is 12.6. The second kappa shape index (κ2) is 8.68. The highest BCUT2D eigenvalue weighted by Gasteiger charge is 2.21. The van der Waals surface area contributed by atoms with Crippen LogP contribution in [0.3, 0.4) is 0 Å². The highest BCUT2D eigenvalue weighted by atomic mass is 16.5. The number of anilines is 1. The van der Waals surface area contributed by atoms with E-state index in [0.29, 0.717) is 17.0 Å². The summed E-state index contributed by atoms with van der Waals surface area (Å²) in [5.74, 6) is 0.0695. The SMILES string of the molecule is C[C@H](Oc1ccc(C(C)(C)C)cc1)C(=O)Nc1ccccc1C(=O)NC(C)(C)C. The van der Waals surface area contributed by atoms with Gasteiger partial charge in [-0.1, -0.05) is 45.0 Å². The van der Waals surface area contributed by atoms with Crippen LogP contribution in [0.25, 0.3) is 0 Å². The zero-order valence-electron chi connectivity index (χ0n) is 18.4. The van der Waals surface area contributed by atoms with E-state index in [1.807, 2.05) is 45.0 Å². The molecule has 2 rings (SSSR count). The molecule has 0 bridgehead atoms. The first kappa shape index (κ1) is 22.5. The van der Waals surface area contributed by atoms with Crippen molar-refractivity contribution in [2.75, 3.05) is 5.32 Å². The summed E-state index contributed by atoms with van der Waals surface area (Å²) in [4.78, 5) is 25.2. The molecule has 0 heterocycles. The minimum atomic E-state index is -0.714. The largest absolute Gasteiger partial charge is 0.481 e. The normalized spacial score (nSPS) is 12.8. The summed E-state index contributed by atoms with van der Waals surface area (Å²) in [6.07, 6.45) is -0.714. The van der Waals surface area contributed by atoms with E-state index in [-0.39, 0.29) is 22.8 Å². The van der Waals surface area contributed by atoms with Crippen molar-refractivity contribution in [2.45, 2.75) is 65.5 Å². The van der Waals surface area contributed by atoms with E-state index in [1.54, 1.807) is 31.2 Å². The monoisotopic (exact) mass is 396 g/mol.